The zero-order valence-corrected chi connectivity index (χ0v) is 10.2. The van der Waals surface area contributed by atoms with Gasteiger partial charge >= 0.3 is 40.6 Å². The van der Waals surface area contributed by atoms with E-state index in [4.69, 9.17) is 0 Å². The summed E-state index contributed by atoms with van der Waals surface area (Å²) < 4.78 is 149. The van der Waals surface area contributed by atoms with E-state index in [0.717, 1.165) is 0 Å². The topological polar surface area (TPSA) is 18.5 Å². The molecule has 0 amide bonds. The third kappa shape index (κ3) is 6.94. The number of hydrogen-bond acceptors (Lipinski definition) is 2. The first-order chi connectivity index (χ1) is 8.97. The fraction of sp³-hybridized carbons (Fsp3) is 1.00. The summed E-state index contributed by atoms with van der Waals surface area (Å²) in [6.07, 6.45) is -33.4. The Morgan fingerprint density at radius 1 is 0.476 bits per heavy atom. The maximum Gasteiger partial charge on any atom is 0.669 e. The summed E-state index contributed by atoms with van der Waals surface area (Å²) in [7, 11) is 0. The predicted molar refractivity (Wildman–Crippen MR) is 39.7 cm³/mol. The Morgan fingerprint density at radius 2 is 0.667 bits per heavy atom. The van der Waals surface area contributed by atoms with Gasteiger partial charge in [-0.2, -0.15) is 52.7 Å². The molecule has 21 heavy (non-hydrogen) atoms. The van der Waals surface area contributed by atoms with Gasteiger partial charge in [0.25, 0.3) is 0 Å². The Hall–Kier alpha value is -0.388. The Balaban J connectivity index is 4.84. The molecule has 0 rings (SSSR count). The van der Waals surface area contributed by atoms with E-state index in [-0.39, 0.29) is 0 Å². The molecule has 0 aliphatic rings. The van der Waals surface area contributed by atoms with Crippen molar-refractivity contribution in [3.63, 3.8) is 0 Å². The molecular formula is C6H2AlF12O2. The zero-order valence-electron chi connectivity index (χ0n) is 9.08. The first-order valence-corrected chi connectivity index (χ1v) is 5.31. The van der Waals surface area contributed by atoms with Crippen molar-refractivity contribution in [3.05, 3.63) is 0 Å². The number of halogens is 12. The van der Waals surface area contributed by atoms with Crippen molar-refractivity contribution < 1.29 is 60.3 Å². The van der Waals surface area contributed by atoms with E-state index >= 15 is 0 Å². The van der Waals surface area contributed by atoms with Crippen LogP contribution in [0.3, 0.4) is 0 Å². The second-order valence-electron chi connectivity index (χ2n) is 3.29. The lowest BCUT2D eigenvalue weighted by Gasteiger charge is -2.26. The van der Waals surface area contributed by atoms with E-state index in [2.05, 4.69) is 7.58 Å². The van der Waals surface area contributed by atoms with Crippen molar-refractivity contribution in [2.75, 3.05) is 0 Å². The van der Waals surface area contributed by atoms with Gasteiger partial charge in [0.05, 0.1) is 0 Å². The highest BCUT2D eigenvalue weighted by Crippen LogP contribution is 2.37. The maximum atomic E-state index is 11.9. The summed E-state index contributed by atoms with van der Waals surface area (Å²) in [6.45, 7) is 0. The fourth-order valence-corrected chi connectivity index (χ4v) is 1.73. The monoisotopic (exact) mass is 361 g/mol. The summed E-state index contributed by atoms with van der Waals surface area (Å²) in [6, 6.07) is 0. The molecule has 0 saturated carbocycles. The first-order valence-electron chi connectivity index (χ1n) is 4.37. The molecule has 0 aliphatic carbocycles. The molecule has 0 saturated heterocycles. The third-order valence-electron chi connectivity index (χ3n) is 1.57. The van der Waals surface area contributed by atoms with Gasteiger partial charge in [0.15, 0.2) is 0 Å². The molecule has 1 radical (unpaired) electrons. The van der Waals surface area contributed by atoms with Crippen molar-refractivity contribution in [1.82, 2.24) is 0 Å². The molecule has 0 heterocycles. The summed E-state index contributed by atoms with van der Waals surface area (Å²) >= 11 is -3.34. The van der Waals surface area contributed by atoms with Gasteiger partial charge in [-0.1, -0.05) is 0 Å². The fourth-order valence-electron chi connectivity index (χ4n) is 0.823. The standard InChI is InChI=1S/2C3HF6O.Al/c2*4-2(5,6)1(10)3(7,8)9;/h2*1H;/q2*-1;+2. The van der Waals surface area contributed by atoms with Gasteiger partial charge in [-0.15, -0.1) is 0 Å². The van der Waals surface area contributed by atoms with E-state index in [1.165, 1.54) is 0 Å². The van der Waals surface area contributed by atoms with E-state index in [9.17, 15) is 52.7 Å². The third-order valence-corrected chi connectivity index (χ3v) is 2.34. The average molecular weight is 361 g/mol. The molecular weight excluding hydrogens is 359 g/mol. The summed E-state index contributed by atoms with van der Waals surface area (Å²) in [5, 5.41) is 0. The van der Waals surface area contributed by atoms with Crippen molar-refractivity contribution in [2.24, 2.45) is 0 Å². The molecule has 0 atom stereocenters. The van der Waals surface area contributed by atoms with Gasteiger partial charge in [-0.25, -0.2) is 0 Å². The quantitative estimate of drug-likeness (QED) is 0.564. The molecule has 125 valence electrons. The lowest BCUT2D eigenvalue weighted by atomic mass is 10.3. The summed E-state index contributed by atoms with van der Waals surface area (Å²) in [5.41, 5.74) is 0. The summed E-state index contributed by atoms with van der Waals surface area (Å²) in [5.74, 6) is 0. The van der Waals surface area contributed by atoms with E-state index in [1.807, 2.05) is 0 Å². The van der Waals surface area contributed by atoms with Gasteiger partial charge in [0, 0.05) is 0 Å². The van der Waals surface area contributed by atoms with Crippen LogP contribution in [0.5, 0.6) is 0 Å². The summed E-state index contributed by atoms with van der Waals surface area (Å²) in [4.78, 5) is 0. The smallest absolute Gasteiger partial charge is 0.468 e. The van der Waals surface area contributed by atoms with Crippen LogP contribution in [-0.4, -0.2) is 52.8 Å². The van der Waals surface area contributed by atoms with Crippen LogP contribution in [0, 0.1) is 0 Å². The first kappa shape index (κ1) is 20.6. The molecule has 0 aromatic carbocycles. The SMILES string of the molecule is FC(F)(F)C([O][Al][O]C(C(F)(F)F)C(F)(F)F)C(F)(F)F. The predicted octanol–water partition coefficient (Wildman–Crippen LogP) is 3.54. The number of alkyl halides is 12. The van der Waals surface area contributed by atoms with Gasteiger partial charge in [-0.05, 0) is 0 Å². The molecule has 0 fully saturated rings. The highest BCUT2D eigenvalue weighted by atomic mass is 27.2. The van der Waals surface area contributed by atoms with Crippen LogP contribution in [0.2, 0.25) is 0 Å². The van der Waals surface area contributed by atoms with Crippen molar-refractivity contribution in [1.29, 1.82) is 0 Å². The van der Waals surface area contributed by atoms with Crippen LogP contribution >= 0.6 is 0 Å². The van der Waals surface area contributed by atoms with Gasteiger partial charge in [0.2, 0.25) is 12.2 Å². The molecule has 0 spiro atoms. The maximum absolute atomic E-state index is 11.9. The molecule has 0 bridgehead atoms. The Kier molecular flexibility index (Phi) is 6.27. The van der Waals surface area contributed by atoms with Crippen LogP contribution < -0.4 is 0 Å². The second kappa shape index (κ2) is 6.39. The number of rotatable bonds is 4. The highest BCUT2D eigenvalue weighted by Gasteiger charge is 2.60. The van der Waals surface area contributed by atoms with Gasteiger partial charge in [0.1, 0.15) is 0 Å². The minimum absolute atomic E-state index is 3.00. The second-order valence-corrected chi connectivity index (χ2v) is 4.03. The largest absolute Gasteiger partial charge is 0.669 e. The van der Waals surface area contributed by atoms with Crippen LogP contribution in [0.1, 0.15) is 0 Å². The molecule has 2 nitrogen and oxygen atoms in total. The van der Waals surface area contributed by atoms with E-state index < -0.39 is 52.8 Å². The van der Waals surface area contributed by atoms with Crippen LogP contribution in [-0.2, 0) is 7.58 Å². The van der Waals surface area contributed by atoms with Crippen LogP contribution in [0.25, 0.3) is 0 Å². The van der Waals surface area contributed by atoms with E-state index in [1.54, 1.807) is 0 Å². The van der Waals surface area contributed by atoms with Crippen molar-refractivity contribution in [2.45, 2.75) is 36.9 Å². The minimum Gasteiger partial charge on any atom is -0.468 e. The van der Waals surface area contributed by atoms with Crippen molar-refractivity contribution in [3.8, 4) is 0 Å². The normalized spacial score (nSPS) is 15.0. The van der Waals surface area contributed by atoms with Gasteiger partial charge < -0.3 is 7.58 Å². The molecule has 0 N–H and O–H groups in total. The molecule has 0 aliphatic heterocycles. The Labute approximate surface area is 114 Å². The van der Waals surface area contributed by atoms with Gasteiger partial charge in [-0.3, -0.25) is 0 Å². The number of hydrogen-bond donors (Lipinski definition) is 0. The Bertz CT molecular complexity index is 267. The van der Waals surface area contributed by atoms with Crippen LogP contribution in [0.15, 0.2) is 0 Å². The van der Waals surface area contributed by atoms with E-state index in [0.29, 0.717) is 0 Å². The van der Waals surface area contributed by atoms with Crippen molar-refractivity contribution >= 4 is 15.9 Å². The average Bonchev–Trinajstić information content (AvgIpc) is 2.07. The molecule has 0 aromatic heterocycles. The lowest BCUT2D eigenvalue weighted by molar-refractivity contribution is -0.315. The minimum atomic E-state index is -6.07. The van der Waals surface area contributed by atoms with Crippen LogP contribution in [0.4, 0.5) is 52.7 Å². The Morgan fingerprint density at radius 3 is 0.810 bits per heavy atom. The molecule has 0 unspecified atom stereocenters. The molecule has 15 heteroatoms. The zero-order chi connectivity index (χ0) is 17.3. The molecule has 0 aromatic rings. The lowest BCUT2D eigenvalue weighted by Crippen LogP contribution is -2.49. The highest BCUT2D eigenvalue weighted by molar-refractivity contribution is 6.18.